The van der Waals surface area contributed by atoms with E-state index in [1.807, 2.05) is 6.07 Å². The van der Waals surface area contributed by atoms with Gasteiger partial charge in [0.05, 0.1) is 11.6 Å². The molecule has 6 heteroatoms. The molecule has 0 radical (unpaired) electrons. The highest BCUT2D eigenvalue weighted by Gasteiger charge is 2.29. The van der Waals surface area contributed by atoms with Crippen molar-refractivity contribution in [2.75, 3.05) is 5.32 Å². The molecule has 2 N–H and O–H groups in total. The molecule has 0 spiro atoms. The molecule has 1 heterocycles. The molecule has 24 heavy (non-hydrogen) atoms. The van der Waals surface area contributed by atoms with Gasteiger partial charge < -0.3 is 10.6 Å². The molecule has 1 aromatic heterocycles. The number of hydrogen-bond donors (Lipinski definition) is 2. The minimum Gasteiger partial charge on any atom is -0.347 e. The Hall–Kier alpha value is -3.20. The largest absolute Gasteiger partial charge is 0.347 e. The summed E-state index contributed by atoms with van der Waals surface area (Å²) < 4.78 is 0. The summed E-state index contributed by atoms with van der Waals surface area (Å²) in [5.41, 5.74) is 1.71. The number of aromatic nitrogens is 1. The van der Waals surface area contributed by atoms with Crippen LogP contribution in [0.2, 0.25) is 0 Å². The van der Waals surface area contributed by atoms with Crippen LogP contribution in [0.1, 0.15) is 34.5 Å². The zero-order valence-corrected chi connectivity index (χ0v) is 13.0. The van der Waals surface area contributed by atoms with Gasteiger partial charge in [-0.3, -0.25) is 9.59 Å². The van der Waals surface area contributed by atoms with Gasteiger partial charge in [-0.25, -0.2) is 4.98 Å². The Bertz CT molecular complexity index is 805. The molecule has 1 aliphatic carbocycles. The number of nitrogens with zero attached hydrogens (tertiary/aromatic N) is 2. The Morgan fingerprint density at radius 1 is 1.17 bits per heavy atom. The van der Waals surface area contributed by atoms with Crippen molar-refractivity contribution in [2.45, 2.75) is 19.4 Å². The molecule has 1 aromatic carbocycles. The molecule has 0 unspecified atom stereocenters. The van der Waals surface area contributed by atoms with E-state index in [1.165, 1.54) is 0 Å². The number of anilines is 1. The average molecular weight is 320 g/mol. The molecular weight excluding hydrogens is 304 g/mol. The van der Waals surface area contributed by atoms with Crippen molar-refractivity contribution in [3.63, 3.8) is 0 Å². The van der Waals surface area contributed by atoms with Crippen molar-refractivity contribution in [1.29, 1.82) is 5.26 Å². The van der Waals surface area contributed by atoms with Crippen LogP contribution in [0.25, 0.3) is 0 Å². The Morgan fingerprint density at radius 2 is 1.92 bits per heavy atom. The zero-order valence-electron chi connectivity index (χ0n) is 13.0. The molecule has 1 aliphatic rings. The van der Waals surface area contributed by atoms with E-state index in [9.17, 15) is 9.59 Å². The fraction of sp³-hybridized carbons (Fsp3) is 0.222. The van der Waals surface area contributed by atoms with Crippen molar-refractivity contribution in [1.82, 2.24) is 10.3 Å². The lowest BCUT2D eigenvalue weighted by Crippen LogP contribution is -2.24. The van der Waals surface area contributed by atoms with E-state index in [0.29, 0.717) is 17.9 Å². The molecule has 0 bridgehead atoms. The SMILES string of the molecule is N#Cc1ccc(CNC(=O)c2cccc(NC(=O)C3CC3)n2)cc1. The third kappa shape index (κ3) is 3.96. The maximum absolute atomic E-state index is 12.2. The number of pyridine rings is 1. The minimum atomic E-state index is -0.318. The van der Waals surface area contributed by atoms with E-state index in [4.69, 9.17) is 5.26 Å². The Labute approximate surface area is 139 Å². The summed E-state index contributed by atoms with van der Waals surface area (Å²) in [7, 11) is 0. The summed E-state index contributed by atoms with van der Waals surface area (Å²) >= 11 is 0. The lowest BCUT2D eigenvalue weighted by molar-refractivity contribution is -0.117. The first-order valence-electron chi connectivity index (χ1n) is 7.71. The maximum atomic E-state index is 12.2. The normalized spacial score (nSPS) is 13.0. The predicted molar refractivity (Wildman–Crippen MR) is 87.9 cm³/mol. The van der Waals surface area contributed by atoms with Crippen LogP contribution in [-0.4, -0.2) is 16.8 Å². The number of nitrogens with one attached hydrogen (secondary N) is 2. The molecular formula is C18H16N4O2. The van der Waals surface area contributed by atoms with E-state index in [0.717, 1.165) is 18.4 Å². The van der Waals surface area contributed by atoms with Crippen LogP contribution < -0.4 is 10.6 Å². The molecule has 120 valence electrons. The highest BCUT2D eigenvalue weighted by molar-refractivity contribution is 5.95. The number of benzene rings is 1. The number of carbonyl (C=O) groups is 2. The van der Waals surface area contributed by atoms with Gasteiger partial charge in [-0.05, 0) is 42.7 Å². The van der Waals surface area contributed by atoms with Gasteiger partial charge >= 0.3 is 0 Å². The van der Waals surface area contributed by atoms with Crippen molar-refractivity contribution >= 4 is 17.6 Å². The van der Waals surface area contributed by atoms with Gasteiger partial charge in [0.2, 0.25) is 5.91 Å². The molecule has 2 aromatic rings. The van der Waals surface area contributed by atoms with Crippen LogP contribution in [0, 0.1) is 17.2 Å². The molecule has 6 nitrogen and oxygen atoms in total. The third-order valence-electron chi connectivity index (χ3n) is 3.72. The van der Waals surface area contributed by atoms with Crippen molar-refractivity contribution in [2.24, 2.45) is 5.92 Å². The van der Waals surface area contributed by atoms with E-state index < -0.39 is 0 Å². The van der Waals surface area contributed by atoms with Gasteiger partial charge in [0.25, 0.3) is 5.91 Å². The van der Waals surface area contributed by atoms with Crippen LogP contribution in [0.15, 0.2) is 42.5 Å². The number of hydrogen-bond acceptors (Lipinski definition) is 4. The molecule has 1 saturated carbocycles. The topological polar surface area (TPSA) is 94.9 Å². The standard InChI is InChI=1S/C18H16N4O2/c19-10-12-4-6-13(7-5-12)11-20-18(24)15-2-1-3-16(21-15)22-17(23)14-8-9-14/h1-7,14H,8-9,11H2,(H,20,24)(H,21,22,23). The Morgan fingerprint density at radius 3 is 2.58 bits per heavy atom. The number of amides is 2. The third-order valence-corrected chi connectivity index (χ3v) is 3.72. The maximum Gasteiger partial charge on any atom is 0.270 e. The monoisotopic (exact) mass is 320 g/mol. The summed E-state index contributed by atoms with van der Waals surface area (Å²) in [6, 6.07) is 14.0. The zero-order chi connectivity index (χ0) is 16.9. The highest BCUT2D eigenvalue weighted by Crippen LogP contribution is 2.29. The van der Waals surface area contributed by atoms with E-state index in [1.54, 1.807) is 42.5 Å². The molecule has 1 fully saturated rings. The fourth-order valence-electron chi connectivity index (χ4n) is 2.17. The smallest absolute Gasteiger partial charge is 0.270 e. The highest BCUT2D eigenvalue weighted by atomic mass is 16.2. The van der Waals surface area contributed by atoms with Gasteiger partial charge in [-0.2, -0.15) is 5.26 Å². The van der Waals surface area contributed by atoms with Crippen LogP contribution in [-0.2, 0) is 11.3 Å². The Balaban J connectivity index is 1.59. The first-order chi connectivity index (χ1) is 11.7. The second kappa shape index (κ2) is 6.92. The predicted octanol–water partition coefficient (Wildman–Crippen LogP) is 2.23. The van der Waals surface area contributed by atoms with Crippen molar-refractivity contribution in [3.05, 3.63) is 59.3 Å². The summed E-state index contributed by atoms with van der Waals surface area (Å²) in [6.07, 6.45) is 1.83. The fourth-order valence-corrected chi connectivity index (χ4v) is 2.17. The number of carbonyl (C=O) groups excluding carboxylic acids is 2. The van der Waals surface area contributed by atoms with E-state index in [2.05, 4.69) is 15.6 Å². The first kappa shape index (κ1) is 15.7. The molecule has 0 saturated heterocycles. The number of rotatable bonds is 5. The summed E-state index contributed by atoms with van der Waals surface area (Å²) in [4.78, 5) is 28.1. The van der Waals surface area contributed by atoms with E-state index in [-0.39, 0.29) is 23.4 Å². The second-order valence-corrected chi connectivity index (χ2v) is 5.66. The van der Waals surface area contributed by atoms with Crippen molar-refractivity contribution < 1.29 is 9.59 Å². The van der Waals surface area contributed by atoms with Gasteiger partial charge in [0.1, 0.15) is 11.5 Å². The molecule has 0 aliphatic heterocycles. The Kier molecular flexibility index (Phi) is 4.52. The first-order valence-corrected chi connectivity index (χ1v) is 7.71. The van der Waals surface area contributed by atoms with Gasteiger partial charge in [0.15, 0.2) is 0 Å². The van der Waals surface area contributed by atoms with Crippen LogP contribution in [0.5, 0.6) is 0 Å². The summed E-state index contributed by atoms with van der Waals surface area (Å²) in [5, 5.41) is 14.3. The van der Waals surface area contributed by atoms with Gasteiger partial charge in [-0.15, -0.1) is 0 Å². The second-order valence-electron chi connectivity index (χ2n) is 5.66. The lowest BCUT2D eigenvalue weighted by atomic mass is 10.1. The summed E-state index contributed by atoms with van der Waals surface area (Å²) in [5.74, 6) is 0.109. The summed E-state index contributed by atoms with van der Waals surface area (Å²) in [6.45, 7) is 0.338. The van der Waals surface area contributed by atoms with Crippen molar-refractivity contribution in [3.8, 4) is 6.07 Å². The van der Waals surface area contributed by atoms with Gasteiger partial charge in [-0.1, -0.05) is 18.2 Å². The van der Waals surface area contributed by atoms with E-state index >= 15 is 0 Å². The van der Waals surface area contributed by atoms with Crippen LogP contribution >= 0.6 is 0 Å². The minimum absolute atomic E-state index is 0.0439. The average Bonchev–Trinajstić information content (AvgIpc) is 3.45. The number of nitriles is 1. The van der Waals surface area contributed by atoms with Gasteiger partial charge in [0, 0.05) is 12.5 Å². The van der Waals surface area contributed by atoms with Crippen LogP contribution in [0.3, 0.4) is 0 Å². The molecule has 0 atom stereocenters. The lowest BCUT2D eigenvalue weighted by Gasteiger charge is -2.07. The van der Waals surface area contributed by atoms with Crippen LogP contribution in [0.4, 0.5) is 5.82 Å². The molecule has 3 rings (SSSR count). The quantitative estimate of drug-likeness (QED) is 0.883. The molecule has 2 amide bonds.